The minimum atomic E-state index is -0.593. The Morgan fingerprint density at radius 1 is 1.64 bits per heavy atom. The topological polar surface area (TPSA) is 75.4 Å². The lowest BCUT2D eigenvalue weighted by Gasteiger charge is -2.10. The summed E-state index contributed by atoms with van der Waals surface area (Å²) in [7, 11) is 0. The van der Waals surface area contributed by atoms with Crippen LogP contribution in [-0.4, -0.2) is 17.2 Å². The molecule has 0 aliphatic rings. The van der Waals surface area contributed by atoms with Crippen molar-refractivity contribution in [1.29, 1.82) is 0 Å². The molecule has 0 spiro atoms. The summed E-state index contributed by atoms with van der Waals surface area (Å²) in [5.74, 6) is -0.152. The van der Waals surface area contributed by atoms with Gasteiger partial charge in [-0.05, 0) is 12.3 Å². The van der Waals surface area contributed by atoms with E-state index in [4.69, 9.17) is 10.9 Å². The molecule has 4 nitrogen and oxygen atoms in total. The van der Waals surface area contributed by atoms with Gasteiger partial charge in [0.15, 0.2) is 0 Å². The number of nitrogens with one attached hydrogen (secondary N) is 1. The van der Waals surface area contributed by atoms with Crippen molar-refractivity contribution in [2.75, 3.05) is 0 Å². The molecule has 0 aromatic heterocycles. The minimum absolute atomic E-state index is 0. The number of amides is 1. The molecule has 1 amide bonds. The number of hydrogen-bond donors (Lipinski definition) is 3. The molecular weight excluding hydrogens is 168 g/mol. The highest BCUT2D eigenvalue weighted by molar-refractivity contribution is 5.85. The number of nitrogens with two attached hydrogens (primary N) is 1. The van der Waals surface area contributed by atoms with Gasteiger partial charge >= 0.3 is 0 Å². The van der Waals surface area contributed by atoms with Crippen molar-refractivity contribution in [1.82, 2.24) is 5.48 Å². The lowest BCUT2D eigenvalue weighted by Crippen LogP contribution is -2.39. The third-order valence-electron chi connectivity index (χ3n) is 1.17. The van der Waals surface area contributed by atoms with Crippen LogP contribution in [0, 0.1) is 5.92 Å². The molecule has 0 aromatic rings. The van der Waals surface area contributed by atoms with Gasteiger partial charge in [0.25, 0.3) is 5.91 Å². The van der Waals surface area contributed by atoms with Crippen molar-refractivity contribution in [2.24, 2.45) is 11.7 Å². The van der Waals surface area contributed by atoms with Crippen LogP contribution in [0.15, 0.2) is 0 Å². The number of halogens is 1. The van der Waals surface area contributed by atoms with Crippen LogP contribution in [0.4, 0.5) is 0 Å². The minimum Gasteiger partial charge on any atom is -0.320 e. The summed E-state index contributed by atoms with van der Waals surface area (Å²) in [4.78, 5) is 10.6. The average Bonchev–Trinajstić information content (AvgIpc) is 1.85. The van der Waals surface area contributed by atoms with Gasteiger partial charge in [0, 0.05) is 0 Å². The zero-order valence-electron chi connectivity index (χ0n) is 6.70. The van der Waals surface area contributed by atoms with Crippen LogP contribution in [0.2, 0.25) is 0 Å². The van der Waals surface area contributed by atoms with Crippen LogP contribution in [0.5, 0.6) is 0 Å². The van der Waals surface area contributed by atoms with Crippen molar-refractivity contribution in [3.05, 3.63) is 0 Å². The van der Waals surface area contributed by atoms with E-state index in [0.717, 1.165) is 0 Å². The Balaban J connectivity index is 0. The predicted molar refractivity (Wildman–Crippen MR) is 44.6 cm³/mol. The summed E-state index contributed by atoms with van der Waals surface area (Å²) in [5, 5.41) is 8.14. The summed E-state index contributed by atoms with van der Waals surface area (Å²) in [6, 6.07) is -0.593. The van der Waals surface area contributed by atoms with Gasteiger partial charge in [0.1, 0.15) is 0 Å². The third kappa shape index (κ3) is 6.09. The molecule has 1 atom stereocenters. The van der Waals surface area contributed by atoms with Crippen molar-refractivity contribution in [3.8, 4) is 0 Å². The van der Waals surface area contributed by atoms with Crippen LogP contribution in [0.25, 0.3) is 0 Å². The van der Waals surface area contributed by atoms with E-state index < -0.39 is 11.9 Å². The highest BCUT2D eigenvalue weighted by Crippen LogP contribution is 2.01. The van der Waals surface area contributed by atoms with Gasteiger partial charge < -0.3 is 5.73 Å². The molecule has 0 radical (unpaired) electrons. The van der Waals surface area contributed by atoms with Gasteiger partial charge in [0.2, 0.25) is 0 Å². The smallest absolute Gasteiger partial charge is 0.260 e. The molecule has 11 heavy (non-hydrogen) atoms. The Bertz CT molecular complexity index is 119. The van der Waals surface area contributed by atoms with Gasteiger partial charge in [-0.15, -0.1) is 12.4 Å². The highest BCUT2D eigenvalue weighted by Gasteiger charge is 2.12. The van der Waals surface area contributed by atoms with E-state index in [1.54, 1.807) is 0 Å². The summed E-state index contributed by atoms with van der Waals surface area (Å²) in [6.07, 6.45) is 0.590. The highest BCUT2D eigenvalue weighted by atomic mass is 35.5. The molecule has 0 unspecified atom stereocenters. The Kier molecular flexibility index (Phi) is 7.72. The number of hydrogen-bond acceptors (Lipinski definition) is 3. The largest absolute Gasteiger partial charge is 0.320 e. The molecular formula is C6H15ClN2O2. The second-order valence-corrected chi connectivity index (χ2v) is 2.71. The molecule has 0 rings (SSSR count). The zero-order chi connectivity index (χ0) is 8.15. The lowest BCUT2D eigenvalue weighted by atomic mass is 10.0. The van der Waals surface area contributed by atoms with Crippen LogP contribution < -0.4 is 11.2 Å². The second kappa shape index (κ2) is 6.39. The number of hydroxylamine groups is 1. The molecule has 68 valence electrons. The molecule has 4 N–H and O–H groups in total. The van der Waals surface area contributed by atoms with Crippen LogP contribution in [0.1, 0.15) is 20.3 Å². The van der Waals surface area contributed by atoms with Crippen molar-refractivity contribution in [3.63, 3.8) is 0 Å². The first-order chi connectivity index (χ1) is 4.57. The van der Waals surface area contributed by atoms with E-state index in [0.29, 0.717) is 12.3 Å². The molecule has 0 saturated heterocycles. The van der Waals surface area contributed by atoms with Crippen molar-refractivity contribution < 1.29 is 10.0 Å². The number of carbonyl (C=O) groups is 1. The van der Waals surface area contributed by atoms with E-state index in [-0.39, 0.29) is 12.4 Å². The summed E-state index contributed by atoms with van der Waals surface area (Å²) < 4.78 is 0. The fraction of sp³-hybridized carbons (Fsp3) is 0.833. The van der Waals surface area contributed by atoms with Gasteiger partial charge in [-0.3, -0.25) is 10.0 Å². The summed E-state index contributed by atoms with van der Waals surface area (Å²) in [5.41, 5.74) is 6.86. The van der Waals surface area contributed by atoms with E-state index in [2.05, 4.69) is 0 Å². The summed E-state index contributed by atoms with van der Waals surface area (Å²) >= 11 is 0. The monoisotopic (exact) mass is 182 g/mol. The fourth-order valence-electron chi connectivity index (χ4n) is 0.698. The maximum Gasteiger partial charge on any atom is 0.260 e. The second-order valence-electron chi connectivity index (χ2n) is 2.71. The maximum atomic E-state index is 10.6. The quantitative estimate of drug-likeness (QED) is 0.434. The molecule has 0 heterocycles. The Labute approximate surface area is 72.5 Å². The standard InChI is InChI=1S/C6H14N2O2.ClH/c1-4(2)3-5(7)6(9)8-10;/h4-5,10H,3,7H2,1-2H3,(H,8,9);1H/t5-;/m0./s1. The van der Waals surface area contributed by atoms with E-state index in [9.17, 15) is 4.79 Å². The number of carbonyl (C=O) groups excluding carboxylic acids is 1. The first-order valence-electron chi connectivity index (χ1n) is 3.27. The Morgan fingerprint density at radius 2 is 2.09 bits per heavy atom. The molecule has 0 fully saturated rings. The third-order valence-corrected chi connectivity index (χ3v) is 1.17. The van der Waals surface area contributed by atoms with Crippen LogP contribution in [0.3, 0.4) is 0 Å². The predicted octanol–water partition coefficient (Wildman–Crippen LogP) is 0.287. The molecule has 5 heteroatoms. The van der Waals surface area contributed by atoms with Crippen LogP contribution >= 0.6 is 12.4 Å². The molecule has 0 aliphatic heterocycles. The zero-order valence-corrected chi connectivity index (χ0v) is 7.52. The molecule has 0 bridgehead atoms. The lowest BCUT2D eigenvalue weighted by molar-refractivity contribution is -0.130. The Morgan fingerprint density at radius 3 is 2.36 bits per heavy atom. The first-order valence-corrected chi connectivity index (χ1v) is 3.27. The normalized spacial score (nSPS) is 12.1. The van der Waals surface area contributed by atoms with E-state index >= 15 is 0 Å². The first kappa shape index (κ1) is 13.3. The van der Waals surface area contributed by atoms with Gasteiger partial charge in [-0.2, -0.15) is 0 Å². The van der Waals surface area contributed by atoms with Gasteiger partial charge in [-0.1, -0.05) is 13.8 Å². The van der Waals surface area contributed by atoms with Gasteiger partial charge in [-0.25, -0.2) is 5.48 Å². The Hall–Kier alpha value is -0.320. The average molecular weight is 183 g/mol. The van der Waals surface area contributed by atoms with E-state index in [1.807, 2.05) is 13.8 Å². The number of rotatable bonds is 3. The van der Waals surface area contributed by atoms with Gasteiger partial charge in [0.05, 0.1) is 6.04 Å². The van der Waals surface area contributed by atoms with Crippen molar-refractivity contribution >= 4 is 18.3 Å². The fourth-order valence-corrected chi connectivity index (χ4v) is 0.698. The SMILES string of the molecule is CC(C)C[C@H](N)C(=O)NO.Cl. The molecule has 0 aromatic carbocycles. The van der Waals surface area contributed by atoms with E-state index in [1.165, 1.54) is 5.48 Å². The summed E-state index contributed by atoms with van der Waals surface area (Å²) in [6.45, 7) is 3.93. The molecule has 0 saturated carbocycles. The molecule has 0 aliphatic carbocycles. The van der Waals surface area contributed by atoms with Crippen molar-refractivity contribution in [2.45, 2.75) is 26.3 Å². The maximum absolute atomic E-state index is 10.6. The van der Waals surface area contributed by atoms with Crippen LogP contribution in [-0.2, 0) is 4.79 Å².